The summed E-state index contributed by atoms with van der Waals surface area (Å²) in [6, 6.07) is 12.9. The molecule has 0 unspecified atom stereocenters. The van der Waals surface area contributed by atoms with E-state index >= 15 is 0 Å². The summed E-state index contributed by atoms with van der Waals surface area (Å²) in [5.74, 6) is 0.242. The maximum atomic E-state index is 12.3. The molecule has 0 atom stereocenters. The molecule has 0 spiro atoms. The van der Waals surface area contributed by atoms with Gasteiger partial charge < -0.3 is 15.0 Å². The van der Waals surface area contributed by atoms with Crippen LogP contribution in [-0.4, -0.2) is 36.9 Å². The van der Waals surface area contributed by atoms with Crippen LogP contribution >= 0.6 is 11.6 Å². The van der Waals surface area contributed by atoms with Crippen LogP contribution in [0.1, 0.15) is 11.1 Å². The smallest absolute Gasteiger partial charge is 0.246 e. The summed E-state index contributed by atoms with van der Waals surface area (Å²) in [5.41, 5.74) is 3.53. The number of anilines is 1. The van der Waals surface area contributed by atoms with Crippen LogP contribution < -0.4 is 10.1 Å². The fraction of sp³-hybridized carbons (Fsp3) is 0.182. The molecule has 28 heavy (non-hydrogen) atoms. The zero-order valence-corrected chi connectivity index (χ0v) is 16.5. The van der Waals surface area contributed by atoms with Gasteiger partial charge in [0.2, 0.25) is 11.8 Å². The molecule has 2 amide bonds. The Bertz CT molecular complexity index is 949. The fourth-order valence-electron chi connectivity index (χ4n) is 2.70. The number of rotatable bonds is 5. The Morgan fingerprint density at radius 2 is 1.96 bits per heavy atom. The number of carbonyl (C=O) groups is 2. The Morgan fingerprint density at radius 1 is 1.21 bits per heavy atom. The van der Waals surface area contributed by atoms with E-state index in [2.05, 4.69) is 5.32 Å². The molecule has 2 aromatic carbocycles. The number of likely N-dealkylation sites (N-methyl/N-ethyl adjacent to an activating group) is 1. The summed E-state index contributed by atoms with van der Waals surface area (Å²) in [7, 11) is 1.59. The van der Waals surface area contributed by atoms with E-state index in [-0.39, 0.29) is 18.4 Å². The molecule has 1 aliphatic rings. The molecule has 0 saturated heterocycles. The van der Waals surface area contributed by atoms with Gasteiger partial charge in [-0.25, -0.2) is 0 Å². The van der Waals surface area contributed by atoms with Crippen LogP contribution in [-0.2, 0) is 9.59 Å². The predicted octanol–water partition coefficient (Wildman–Crippen LogP) is 4.08. The van der Waals surface area contributed by atoms with E-state index in [0.717, 1.165) is 22.4 Å². The summed E-state index contributed by atoms with van der Waals surface area (Å²) >= 11 is 6.01. The fourth-order valence-corrected chi connectivity index (χ4v) is 2.88. The van der Waals surface area contributed by atoms with Crippen LogP contribution in [0.15, 0.2) is 60.2 Å². The molecule has 1 aliphatic heterocycles. The van der Waals surface area contributed by atoms with Crippen molar-refractivity contribution in [2.75, 3.05) is 25.5 Å². The topological polar surface area (TPSA) is 58.6 Å². The minimum absolute atomic E-state index is 0.0367. The number of amides is 2. The van der Waals surface area contributed by atoms with Crippen LogP contribution in [0.4, 0.5) is 5.69 Å². The minimum atomic E-state index is -0.267. The third-order valence-corrected chi connectivity index (χ3v) is 4.47. The number of aryl methyl sites for hydroxylation is 1. The normalized spacial score (nSPS) is 12.8. The highest BCUT2D eigenvalue weighted by molar-refractivity contribution is 6.30. The van der Waals surface area contributed by atoms with E-state index in [1.165, 1.54) is 11.0 Å². The van der Waals surface area contributed by atoms with Gasteiger partial charge in [0.15, 0.2) is 0 Å². The summed E-state index contributed by atoms with van der Waals surface area (Å²) < 4.78 is 5.66. The van der Waals surface area contributed by atoms with Gasteiger partial charge in [-0.3, -0.25) is 9.59 Å². The Balaban J connectivity index is 1.56. The minimum Gasteiger partial charge on any atom is -0.488 e. The van der Waals surface area contributed by atoms with Crippen molar-refractivity contribution in [3.05, 3.63) is 76.3 Å². The van der Waals surface area contributed by atoms with Crippen molar-refractivity contribution in [2.24, 2.45) is 0 Å². The molecular weight excluding hydrogens is 376 g/mol. The lowest BCUT2D eigenvalue weighted by Crippen LogP contribution is -2.33. The van der Waals surface area contributed by atoms with Crippen LogP contribution in [0.25, 0.3) is 6.08 Å². The van der Waals surface area contributed by atoms with Gasteiger partial charge >= 0.3 is 0 Å². The highest BCUT2D eigenvalue weighted by Crippen LogP contribution is 2.29. The Hall–Kier alpha value is -3.05. The number of benzene rings is 2. The van der Waals surface area contributed by atoms with Crippen molar-refractivity contribution in [1.82, 2.24) is 4.90 Å². The Labute approximate surface area is 169 Å². The molecule has 3 rings (SSSR count). The molecule has 6 heteroatoms. The first-order chi connectivity index (χ1) is 13.4. The van der Waals surface area contributed by atoms with E-state index < -0.39 is 0 Å². The first kappa shape index (κ1) is 19.7. The molecule has 0 aromatic heterocycles. The quantitative estimate of drug-likeness (QED) is 0.775. The average Bonchev–Trinajstić information content (AvgIpc) is 2.67. The van der Waals surface area contributed by atoms with Gasteiger partial charge in [0.1, 0.15) is 12.4 Å². The summed E-state index contributed by atoms with van der Waals surface area (Å²) in [4.78, 5) is 25.8. The van der Waals surface area contributed by atoms with Crippen LogP contribution in [0.3, 0.4) is 0 Å². The molecule has 144 valence electrons. The number of nitrogens with zero attached hydrogens (tertiary/aromatic N) is 1. The van der Waals surface area contributed by atoms with E-state index in [9.17, 15) is 9.59 Å². The molecule has 5 nitrogen and oxygen atoms in total. The molecule has 2 aromatic rings. The Kier molecular flexibility index (Phi) is 6.16. The number of hydrogen-bond acceptors (Lipinski definition) is 3. The maximum absolute atomic E-state index is 12.3. The molecule has 1 N–H and O–H groups in total. The number of carbonyl (C=O) groups excluding carboxylic acids is 2. The van der Waals surface area contributed by atoms with Gasteiger partial charge in [0.05, 0.1) is 6.54 Å². The zero-order valence-electron chi connectivity index (χ0n) is 15.7. The van der Waals surface area contributed by atoms with Crippen LogP contribution in [0.2, 0.25) is 5.02 Å². The summed E-state index contributed by atoms with van der Waals surface area (Å²) in [6.07, 6.45) is 5.06. The van der Waals surface area contributed by atoms with E-state index in [4.69, 9.17) is 16.3 Å². The van der Waals surface area contributed by atoms with Gasteiger partial charge in [0.25, 0.3) is 0 Å². The van der Waals surface area contributed by atoms with Gasteiger partial charge in [-0.1, -0.05) is 35.4 Å². The van der Waals surface area contributed by atoms with Gasteiger partial charge in [-0.2, -0.15) is 0 Å². The number of ether oxygens (including phenoxy) is 1. The molecule has 0 saturated carbocycles. The zero-order chi connectivity index (χ0) is 20.1. The lowest BCUT2D eigenvalue weighted by atomic mass is 10.1. The second kappa shape index (κ2) is 8.76. The maximum Gasteiger partial charge on any atom is 0.246 e. The third kappa shape index (κ3) is 5.24. The molecule has 0 aliphatic carbocycles. The monoisotopic (exact) mass is 396 g/mol. The van der Waals surface area contributed by atoms with Crippen molar-refractivity contribution < 1.29 is 14.3 Å². The van der Waals surface area contributed by atoms with Gasteiger partial charge in [-0.05, 0) is 48.9 Å². The lowest BCUT2D eigenvalue weighted by molar-refractivity contribution is -0.129. The van der Waals surface area contributed by atoms with Crippen LogP contribution in [0.5, 0.6) is 5.75 Å². The van der Waals surface area contributed by atoms with Gasteiger partial charge in [-0.15, -0.1) is 0 Å². The van der Waals surface area contributed by atoms with Crippen molar-refractivity contribution in [1.29, 1.82) is 0 Å². The number of nitrogens with one attached hydrogen (secondary N) is 1. The lowest BCUT2D eigenvalue weighted by Gasteiger charge is -2.17. The average molecular weight is 397 g/mol. The summed E-state index contributed by atoms with van der Waals surface area (Å²) in [5, 5.41) is 3.40. The molecule has 1 heterocycles. The first-order valence-electron chi connectivity index (χ1n) is 8.83. The van der Waals surface area contributed by atoms with Crippen molar-refractivity contribution in [2.45, 2.75) is 6.92 Å². The first-order valence-corrected chi connectivity index (χ1v) is 9.21. The van der Waals surface area contributed by atoms with E-state index in [1.54, 1.807) is 19.2 Å². The number of fused-ring (bicyclic) bond motifs is 1. The van der Waals surface area contributed by atoms with E-state index in [1.807, 2.05) is 49.4 Å². The Morgan fingerprint density at radius 3 is 2.71 bits per heavy atom. The molecule has 0 radical (unpaired) electrons. The standard InChI is InChI=1S/C22H21ClN2O3/c1-15-3-7-19(8-4-15)24-21(26)13-25(2)22(27)10-5-16-11-17-12-18(23)6-9-20(17)28-14-16/h3-12H,13-14H2,1-2H3,(H,24,26)/b10-5+. The van der Waals surface area contributed by atoms with Gasteiger partial charge in [0, 0.05) is 29.4 Å². The SMILES string of the molecule is Cc1ccc(NC(=O)CN(C)C(=O)/C=C/C2=Cc3cc(Cl)ccc3OC2)cc1. The highest BCUT2D eigenvalue weighted by Gasteiger charge is 2.13. The second-order valence-corrected chi connectivity index (χ2v) is 7.07. The molecule has 0 bridgehead atoms. The van der Waals surface area contributed by atoms with E-state index in [0.29, 0.717) is 17.3 Å². The second-order valence-electron chi connectivity index (χ2n) is 6.63. The molecule has 0 fully saturated rings. The third-order valence-electron chi connectivity index (χ3n) is 4.24. The van der Waals surface area contributed by atoms with Crippen LogP contribution in [0, 0.1) is 6.92 Å². The van der Waals surface area contributed by atoms with Crippen molar-refractivity contribution in [3.8, 4) is 5.75 Å². The largest absolute Gasteiger partial charge is 0.488 e. The van der Waals surface area contributed by atoms with Crippen molar-refractivity contribution in [3.63, 3.8) is 0 Å². The molecular formula is C22H21ClN2O3. The number of hydrogen-bond donors (Lipinski definition) is 1. The van der Waals surface area contributed by atoms with Crippen molar-refractivity contribution >= 4 is 35.2 Å². The number of halogens is 1. The predicted molar refractivity (Wildman–Crippen MR) is 112 cm³/mol. The highest BCUT2D eigenvalue weighted by atomic mass is 35.5. The summed E-state index contributed by atoms with van der Waals surface area (Å²) in [6.45, 7) is 2.31.